The standard InChI is InChI=1S/C15H21F3N2O3S/c1-3-4-9-19-14(21)8-10-20(24(2,22)23)13-7-5-6-12(11-13)15(16,17)18/h5-7,11H,3-4,8-10H2,1-2H3,(H,19,21). The number of amides is 1. The van der Waals surface area contributed by atoms with Gasteiger partial charge < -0.3 is 5.32 Å². The first-order valence-corrected chi connectivity index (χ1v) is 9.32. The number of alkyl halides is 3. The quantitative estimate of drug-likeness (QED) is 0.720. The van der Waals surface area contributed by atoms with E-state index in [0.29, 0.717) is 6.54 Å². The van der Waals surface area contributed by atoms with Crippen molar-refractivity contribution in [2.45, 2.75) is 32.4 Å². The van der Waals surface area contributed by atoms with E-state index < -0.39 is 21.8 Å². The molecule has 0 unspecified atom stereocenters. The van der Waals surface area contributed by atoms with Gasteiger partial charge in [-0.25, -0.2) is 8.42 Å². The number of carbonyl (C=O) groups is 1. The molecule has 1 aromatic carbocycles. The molecule has 5 nitrogen and oxygen atoms in total. The molecule has 0 atom stereocenters. The van der Waals surface area contributed by atoms with Gasteiger partial charge in [0.25, 0.3) is 0 Å². The van der Waals surface area contributed by atoms with E-state index in [1.54, 1.807) is 0 Å². The fraction of sp³-hybridized carbons (Fsp3) is 0.533. The number of carbonyl (C=O) groups excluding carboxylic acids is 1. The van der Waals surface area contributed by atoms with E-state index in [0.717, 1.165) is 41.6 Å². The molecule has 24 heavy (non-hydrogen) atoms. The average molecular weight is 366 g/mol. The number of hydrogen-bond acceptors (Lipinski definition) is 3. The zero-order valence-electron chi connectivity index (χ0n) is 13.6. The Morgan fingerprint density at radius 3 is 2.50 bits per heavy atom. The van der Waals surface area contributed by atoms with Crippen molar-refractivity contribution in [3.63, 3.8) is 0 Å². The van der Waals surface area contributed by atoms with Gasteiger partial charge in [0.1, 0.15) is 0 Å². The van der Waals surface area contributed by atoms with E-state index in [-0.39, 0.29) is 24.6 Å². The molecule has 1 aromatic rings. The molecule has 0 aromatic heterocycles. The summed E-state index contributed by atoms with van der Waals surface area (Å²) in [5.41, 5.74) is -1.06. The minimum atomic E-state index is -4.57. The van der Waals surface area contributed by atoms with Crippen molar-refractivity contribution in [1.82, 2.24) is 5.32 Å². The second kappa shape index (κ2) is 8.36. The number of unbranched alkanes of at least 4 members (excludes halogenated alkanes) is 1. The van der Waals surface area contributed by atoms with Crippen molar-refractivity contribution in [2.75, 3.05) is 23.7 Å². The summed E-state index contributed by atoms with van der Waals surface area (Å²) in [6, 6.07) is 4.03. The summed E-state index contributed by atoms with van der Waals surface area (Å²) < 4.78 is 62.9. The fourth-order valence-electron chi connectivity index (χ4n) is 2.02. The molecule has 1 amide bonds. The SMILES string of the molecule is CCCCNC(=O)CCN(c1cccc(C(F)(F)F)c1)S(C)(=O)=O. The van der Waals surface area contributed by atoms with Crippen molar-refractivity contribution < 1.29 is 26.4 Å². The summed E-state index contributed by atoms with van der Waals surface area (Å²) in [6.45, 7) is 2.22. The molecular weight excluding hydrogens is 345 g/mol. The number of nitrogens with zero attached hydrogens (tertiary/aromatic N) is 1. The highest BCUT2D eigenvalue weighted by Gasteiger charge is 2.31. The minimum absolute atomic E-state index is 0.117. The van der Waals surface area contributed by atoms with Gasteiger partial charge in [0, 0.05) is 19.5 Å². The first kappa shape index (κ1) is 20.3. The van der Waals surface area contributed by atoms with Crippen LogP contribution in [0.5, 0.6) is 0 Å². The molecular formula is C15H21F3N2O3S. The number of benzene rings is 1. The third kappa shape index (κ3) is 6.38. The zero-order chi connectivity index (χ0) is 18.4. The molecule has 0 fully saturated rings. The highest BCUT2D eigenvalue weighted by atomic mass is 32.2. The van der Waals surface area contributed by atoms with Crippen molar-refractivity contribution >= 4 is 21.6 Å². The van der Waals surface area contributed by atoms with E-state index in [4.69, 9.17) is 0 Å². The Morgan fingerprint density at radius 2 is 1.96 bits per heavy atom. The van der Waals surface area contributed by atoms with Gasteiger partial charge >= 0.3 is 6.18 Å². The topological polar surface area (TPSA) is 66.5 Å². The van der Waals surface area contributed by atoms with Crippen LogP contribution in [0.3, 0.4) is 0 Å². The van der Waals surface area contributed by atoms with Crippen LogP contribution < -0.4 is 9.62 Å². The predicted molar refractivity (Wildman–Crippen MR) is 86.2 cm³/mol. The average Bonchev–Trinajstić information content (AvgIpc) is 2.46. The number of halogens is 3. The summed E-state index contributed by atoms with van der Waals surface area (Å²) in [4.78, 5) is 11.7. The lowest BCUT2D eigenvalue weighted by Crippen LogP contribution is -2.35. The highest BCUT2D eigenvalue weighted by molar-refractivity contribution is 7.92. The number of anilines is 1. The van der Waals surface area contributed by atoms with Crippen LogP contribution in [0.2, 0.25) is 0 Å². The maximum atomic E-state index is 12.8. The molecule has 0 bridgehead atoms. The number of nitrogens with one attached hydrogen (secondary N) is 1. The Balaban J connectivity index is 2.90. The highest BCUT2D eigenvalue weighted by Crippen LogP contribution is 2.32. The molecule has 0 radical (unpaired) electrons. The van der Waals surface area contributed by atoms with Crippen LogP contribution in [0.15, 0.2) is 24.3 Å². The van der Waals surface area contributed by atoms with Crippen LogP contribution >= 0.6 is 0 Å². The lowest BCUT2D eigenvalue weighted by molar-refractivity contribution is -0.137. The van der Waals surface area contributed by atoms with Crippen LogP contribution in [0.4, 0.5) is 18.9 Å². The third-order valence-electron chi connectivity index (χ3n) is 3.26. The van der Waals surface area contributed by atoms with E-state index in [2.05, 4.69) is 5.32 Å². The Kier molecular flexibility index (Phi) is 7.07. The van der Waals surface area contributed by atoms with E-state index in [1.165, 1.54) is 6.07 Å². The Morgan fingerprint density at radius 1 is 1.29 bits per heavy atom. The normalized spacial score (nSPS) is 12.0. The second-order valence-electron chi connectivity index (χ2n) is 5.34. The summed E-state index contributed by atoms with van der Waals surface area (Å²) in [5, 5.41) is 2.64. The van der Waals surface area contributed by atoms with E-state index in [1.807, 2.05) is 6.92 Å². The van der Waals surface area contributed by atoms with Crippen LogP contribution in [-0.2, 0) is 21.0 Å². The summed E-state index contributed by atoms with van der Waals surface area (Å²) in [5.74, 6) is -0.343. The molecule has 0 saturated carbocycles. The first-order chi connectivity index (χ1) is 11.1. The minimum Gasteiger partial charge on any atom is -0.356 e. The van der Waals surface area contributed by atoms with Crippen molar-refractivity contribution in [3.8, 4) is 0 Å². The molecule has 0 heterocycles. The van der Waals surface area contributed by atoms with Gasteiger partial charge in [-0.2, -0.15) is 13.2 Å². The Bertz CT molecular complexity index is 660. The molecule has 0 aliphatic heterocycles. The van der Waals surface area contributed by atoms with Gasteiger partial charge in [-0.1, -0.05) is 19.4 Å². The summed E-state index contributed by atoms with van der Waals surface area (Å²) in [7, 11) is -3.82. The molecule has 0 saturated heterocycles. The largest absolute Gasteiger partial charge is 0.416 e. The molecule has 136 valence electrons. The molecule has 0 aliphatic rings. The first-order valence-electron chi connectivity index (χ1n) is 7.47. The van der Waals surface area contributed by atoms with Crippen LogP contribution in [-0.4, -0.2) is 33.7 Å². The molecule has 0 aliphatic carbocycles. The molecule has 0 spiro atoms. The van der Waals surface area contributed by atoms with E-state index >= 15 is 0 Å². The Hall–Kier alpha value is -1.77. The van der Waals surface area contributed by atoms with Crippen LogP contribution in [0, 0.1) is 0 Å². The number of sulfonamides is 1. The van der Waals surface area contributed by atoms with Gasteiger partial charge in [0.05, 0.1) is 17.5 Å². The molecule has 1 N–H and O–H groups in total. The maximum absolute atomic E-state index is 12.8. The Labute approximate surface area is 139 Å². The molecule has 1 rings (SSSR count). The van der Waals surface area contributed by atoms with Crippen LogP contribution in [0.1, 0.15) is 31.7 Å². The zero-order valence-corrected chi connectivity index (χ0v) is 14.4. The van der Waals surface area contributed by atoms with Gasteiger partial charge in [0.2, 0.25) is 15.9 Å². The number of rotatable bonds is 8. The van der Waals surface area contributed by atoms with Gasteiger partial charge in [0.15, 0.2) is 0 Å². The fourth-order valence-corrected chi connectivity index (χ4v) is 2.94. The van der Waals surface area contributed by atoms with Crippen molar-refractivity contribution in [1.29, 1.82) is 0 Å². The van der Waals surface area contributed by atoms with Gasteiger partial charge in [-0.15, -0.1) is 0 Å². The van der Waals surface area contributed by atoms with E-state index in [9.17, 15) is 26.4 Å². The monoisotopic (exact) mass is 366 g/mol. The third-order valence-corrected chi connectivity index (χ3v) is 4.45. The lowest BCUT2D eigenvalue weighted by Gasteiger charge is -2.23. The van der Waals surface area contributed by atoms with Crippen LogP contribution in [0.25, 0.3) is 0 Å². The van der Waals surface area contributed by atoms with Crippen molar-refractivity contribution in [2.24, 2.45) is 0 Å². The second-order valence-corrected chi connectivity index (χ2v) is 7.24. The smallest absolute Gasteiger partial charge is 0.356 e. The predicted octanol–water partition coefficient (Wildman–Crippen LogP) is 2.78. The summed E-state index contributed by atoms with van der Waals surface area (Å²) in [6.07, 6.45) is -2.11. The van der Waals surface area contributed by atoms with Gasteiger partial charge in [-0.3, -0.25) is 9.10 Å². The number of hydrogen-bond donors (Lipinski definition) is 1. The maximum Gasteiger partial charge on any atom is 0.416 e. The lowest BCUT2D eigenvalue weighted by atomic mass is 10.2. The van der Waals surface area contributed by atoms with Gasteiger partial charge in [-0.05, 0) is 24.6 Å². The summed E-state index contributed by atoms with van der Waals surface area (Å²) >= 11 is 0. The van der Waals surface area contributed by atoms with Crippen molar-refractivity contribution in [3.05, 3.63) is 29.8 Å². The molecule has 9 heteroatoms.